The van der Waals surface area contributed by atoms with E-state index in [1.54, 1.807) is 37.4 Å². The number of anilines is 1. The number of rotatable bonds is 6. The predicted molar refractivity (Wildman–Crippen MR) is 111 cm³/mol. The fourth-order valence-electron chi connectivity index (χ4n) is 2.93. The Balaban J connectivity index is 1.62. The van der Waals surface area contributed by atoms with Crippen LogP contribution in [-0.2, 0) is 4.79 Å². The van der Waals surface area contributed by atoms with Crippen LogP contribution in [0.4, 0.5) is 5.69 Å². The Labute approximate surface area is 169 Å². The zero-order chi connectivity index (χ0) is 19.2. The van der Waals surface area contributed by atoms with E-state index in [2.05, 4.69) is 10.2 Å². The van der Waals surface area contributed by atoms with Gasteiger partial charge in [0.2, 0.25) is 0 Å². The standard InChI is InChI=1S/C20H21ClN2O3S/c1-25-18-11-14(20(27)23-9-2-3-10-23)7-8-17(18)26-13-19(24)22-16-6-4-5-15(21)12-16/h4-8,11-12H,2-3,9-10,13H2,1H3,(H,22,24). The van der Waals surface area contributed by atoms with Gasteiger partial charge in [-0.1, -0.05) is 29.9 Å². The molecule has 0 radical (unpaired) electrons. The second-order valence-electron chi connectivity index (χ2n) is 6.21. The van der Waals surface area contributed by atoms with Gasteiger partial charge in [0, 0.05) is 29.4 Å². The molecule has 0 unspecified atom stereocenters. The number of thiocarbonyl (C=S) groups is 1. The molecule has 1 amide bonds. The molecule has 27 heavy (non-hydrogen) atoms. The van der Waals surface area contributed by atoms with Gasteiger partial charge in [-0.25, -0.2) is 0 Å². The minimum atomic E-state index is -0.281. The molecule has 3 rings (SSSR count). The number of benzene rings is 2. The molecule has 2 aromatic carbocycles. The maximum Gasteiger partial charge on any atom is 0.262 e. The van der Waals surface area contributed by atoms with E-state index in [4.69, 9.17) is 33.3 Å². The third kappa shape index (κ3) is 5.11. The van der Waals surface area contributed by atoms with Crippen molar-refractivity contribution in [1.29, 1.82) is 0 Å². The number of methoxy groups -OCH3 is 1. The first-order valence-corrected chi connectivity index (χ1v) is 9.51. The molecule has 5 nitrogen and oxygen atoms in total. The molecule has 2 aromatic rings. The largest absolute Gasteiger partial charge is 0.493 e. The van der Waals surface area contributed by atoms with Gasteiger partial charge in [-0.05, 0) is 49.2 Å². The van der Waals surface area contributed by atoms with Crippen molar-refractivity contribution >= 4 is 40.4 Å². The van der Waals surface area contributed by atoms with Gasteiger partial charge < -0.3 is 19.7 Å². The number of carbonyl (C=O) groups is 1. The maximum atomic E-state index is 12.1. The molecule has 0 spiro atoms. The van der Waals surface area contributed by atoms with Crippen LogP contribution in [0.2, 0.25) is 5.02 Å². The molecular weight excluding hydrogens is 384 g/mol. The highest BCUT2D eigenvalue weighted by atomic mass is 35.5. The molecule has 142 valence electrons. The number of nitrogens with one attached hydrogen (secondary N) is 1. The number of hydrogen-bond acceptors (Lipinski definition) is 4. The van der Waals surface area contributed by atoms with Crippen molar-refractivity contribution < 1.29 is 14.3 Å². The summed E-state index contributed by atoms with van der Waals surface area (Å²) in [5.41, 5.74) is 1.54. The molecule has 1 heterocycles. The quantitative estimate of drug-likeness (QED) is 0.733. The first-order chi connectivity index (χ1) is 13.1. The highest BCUT2D eigenvalue weighted by Crippen LogP contribution is 2.29. The van der Waals surface area contributed by atoms with Gasteiger partial charge in [-0.15, -0.1) is 0 Å². The normalized spacial score (nSPS) is 13.3. The summed E-state index contributed by atoms with van der Waals surface area (Å²) in [7, 11) is 1.57. The van der Waals surface area contributed by atoms with Gasteiger partial charge in [0.05, 0.1) is 7.11 Å². The van der Waals surface area contributed by atoms with Crippen molar-refractivity contribution in [2.24, 2.45) is 0 Å². The second kappa shape index (κ2) is 9.06. The fourth-order valence-corrected chi connectivity index (χ4v) is 3.43. The van der Waals surface area contributed by atoms with Crippen molar-refractivity contribution in [1.82, 2.24) is 4.90 Å². The Kier molecular flexibility index (Phi) is 6.53. The van der Waals surface area contributed by atoms with Crippen LogP contribution in [0.5, 0.6) is 11.5 Å². The molecule has 7 heteroatoms. The number of hydrogen-bond donors (Lipinski definition) is 1. The molecule has 0 saturated carbocycles. The number of amides is 1. The topological polar surface area (TPSA) is 50.8 Å². The molecule has 1 aliphatic heterocycles. The van der Waals surface area contributed by atoms with Crippen LogP contribution >= 0.6 is 23.8 Å². The Hall–Kier alpha value is -2.31. The summed E-state index contributed by atoms with van der Waals surface area (Å²) in [6.45, 7) is 1.84. The number of ether oxygens (including phenoxy) is 2. The maximum absolute atomic E-state index is 12.1. The first kappa shape index (κ1) is 19.5. The molecule has 1 N–H and O–H groups in total. The van der Waals surface area contributed by atoms with Crippen LogP contribution in [0.15, 0.2) is 42.5 Å². The van der Waals surface area contributed by atoms with Crippen molar-refractivity contribution in [3.63, 3.8) is 0 Å². The van der Waals surface area contributed by atoms with E-state index < -0.39 is 0 Å². The minimum Gasteiger partial charge on any atom is -0.493 e. The van der Waals surface area contributed by atoms with Crippen LogP contribution < -0.4 is 14.8 Å². The van der Waals surface area contributed by atoms with Crippen molar-refractivity contribution in [2.45, 2.75) is 12.8 Å². The van der Waals surface area contributed by atoms with Crippen LogP contribution in [0.25, 0.3) is 0 Å². The SMILES string of the molecule is COc1cc(C(=S)N2CCCC2)ccc1OCC(=O)Nc1cccc(Cl)c1. The predicted octanol–water partition coefficient (Wildman–Crippen LogP) is 4.14. The Bertz CT molecular complexity index is 838. The molecule has 1 saturated heterocycles. The summed E-state index contributed by atoms with van der Waals surface area (Å²) in [5, 5.41) is 3.30. The average molecular weight is 405 g/mol. The Morgan fingerprint density at radius 2 is 1.96 bits per heavy atom. The molecule has 0 aliphatic carbocycles. The number of likely N-dealkylation sites (tertiary alicyclic amines) is 1. The summed E-state index contributed by atoms with van der Waals surface area (Å²) in [6, 6.07) is 12.5. The lowest BCUT2D eigenvalue weighted by atomic mass is 10.2. The molecule has 1 fully saturated rings. The van der Waals surface area contributed by atoms with Crippen molar-refractivity contribution in [2.75, 3.05) is 32.1 Å². The fraction of sp³-hybridized carbons (Fsp3) is 0.300. The van der Waals surface area contributed by atoms with Gasteiger partial charge in [-0.2, -0.15) is 0 Å². The average Bonchev–Trinajstić information content (AvgIpc) is 3.20. The lowest BCUT2D eigenvalue weighted by Gasteiger charge is -2.19. The summed E-state index contributed by atoms with van der Waals surface area (Å²) in [4.78, 5) is 15.1. The lowest BCUT2D eigenvalue weighted by molar-refractivity contribution is -0.118. The van der Waals surface area contributed by atoms with Gasteiger partial charge >= 0.3 is 0 Å². The highest BCUT2D eigenvalue weighted by molar-refractivity contribution is 7.80. The van der Waals surface area contributed by atoms with Crippen molar-refractivity contribution in [3.05, 3.63) is 53.1 Å². The summed E-state index contributed by atoms with van der Waals surface area (Å²) < 4.78 is 11.0. The zero-order valence-electron chi connectivity index (χ0n) is 15.0. The van der Waals surface area contributed by atoms with Gasteiger partial charge in [0.25, 0.3) is 5.91 Å². The van der Waals surface area contributed by atoms with E-state index in [1.807, 2.05) is 12.1 Å². The van der Waals surface area contributed by atoms with E-state index in [1.165, 1.54) is 12.8 Å². The monoisotopic (exact) mass is 404 g/mol. The Morgan fingerprint density at radius 1 is 1.19 bits per heavy atom. The van der Waals surface area contributed by atoms with Crippen LogP contribution in [0, 0.1) is 0 Å². The van der Waals surface area contributed by atoms with Gasteiger partial charge in [0.15, 0.2) is 18.1 Å². The van der Waals surface area contributed by atoms with Gasteiger partial charge in [0.1, 0.15) is 4.99 Å². The highest BCUT2D eigenvalue weighted by Gasteiger charge is 2.18. The van der Waals surface area contributed by atoms with E-state index >= 15 is 0 Å². The smallest absolute Gasteiger partial charge is 0.262 e. The lowest BCUT2D eigenvalue weighted by Crippen LogP contribution is -2.26. The number of halogens is 1. The first-order valence-electron chi connectivity index (χ1n) is 8.72. The van der Waals surface area contributed by atoms with E-state index in [0.29, 0.717) is 22.2 Å². The summed E-state index contributed by atoms with van der Waals surface area (Å²) in [6.07, 6.45) is 2.33. The van der Waals surface area contributed by atoms with Crippen LogP contribution in [0.3, 0.4) is 0 Å². The zero-order valence-corrected chi connectivity index (χ0v) is 16.6. The van der Waals surface area contributed by atoms with Crippen LogP contribution in [-0.4, -0.2) is 42.6 Å². The summed E-state index contributed by atoms with van der Waals surface area (Å²) >= 11 is 11.5. The molecule has 1 aliphatic rings. The second-order valence-corrected chi connectivity index (χ2v) is 7.04. The van der Waals surface area contributed by atoms with E-state index in [-0.39, 0.29) is 12.5 Å². The molecular formula is C20H21ClN2O3S. The van der Waals surface area contributed by atoms with Crippen molar-refractivity contribution in [3.8, 4) is 11.5 Å². The number of nitrogens with zero attached hydrogens (tertiary/aromatic N) is 1. The van der Waals surface area contributed by atoms with E-state index in [9.17, 15) is 4.79 Å². The molecule has 0 bridgehead atoms. The Morgan fingerprint density at radius 3 is 2.67 bits per heavy atom. The molecule has 0 atom stereocenters. The molecule has 0 aromatic heterocycles. The number of carbonyl (C=O) groups excluding carboxylic acids is 1. The third-order valence-electron chi connectivity index (χ3n) is 4.27. The minimum absolute atomic E-state index is 0.140. The van der Waals surface area contributed by atoms with Crippen LogP contribution in [0.1, 0.15) is 18.4 Å². The van der Waals surface area contributed by atoms with E-state index in [0.717, 1.165) is 23.6 Å². The summed E-state index contributed by atoms with van der Waals surface area (Å²) in [5.74, 6) is 0.757. The van der Waals surface area contributed by atoms with Gasteiger partial charge in [-0.3, -0.25) is 4.79 Å². The third-order valence-corrected chi connectivity index (χ3v) is 5.00.